The quantitative estimate of drug-likeness (QED) is 0.221. The van der Waals surface area contributed by atoms with Crippen LogP contribution >= 0.6 is 23.1 Å². The third-order valence-corrected chi connectivity index (χ3v) is 7.27. The molecule has 2 heterocycles. The number of Topliss-reactive ketones (excluding diaryl/α,β-unsaturated/α-hetero) is 1. The Kier molecular flexibility index (Phi) is 5.05. The zero-order chi connectivity index (χ0) is 20.7. The minimum absolute atomic E-state index is 0.00627. The summed E-state index contributed by atoms with van der Waals surface area (Å²) in [5, 5.41) is 1.32. The Labute approximate surface area is 182 Å². The second-order valence-corrected chi connectivity index (χ2v) is 9.55. The monoisotopic (exact) mass is 432 g/mol. The molecular weight excluding hydrogens is 412 g/mol. The minimum Gasteiger partial charge on any atom is -0.293 e. The van der Waals surface area contributed by atoms with Crippen molar-refractivity contribution in [2.24, 2.45) is 0 Å². The standard InChI is InChI=1S/C24H20N2O2S2/c1-15-7-9-17(10-8-15)21-13-19-22(30-21)25-24(26(23(19)28)18-11-12-18)29-14-20(27)16-5-3-2-4-6-16/h2-10,13,18H,11-12,14H2,1H3. The Morgan fingerprint density at radius 1 is 1.13 bits per heavy atom. The van der Waals surface area contributed by atoms with E-state index in [0.717, 1.165) is 28.1 Å². The summed E-state index contributed by atoms with van der Waals surface area (Å²) in [6, 6.07) is 19.7. The number of thiophene rings is 1. The first-order chi connectivity index (χ1) is 14.6. The highest BCUT2D eigenvalue weighted by molar-refractivity contribution is 7.99. The number of ketones is 1. The Hall–Kier alpha value is -2.70. The van der Waals surface area contributed by atoms with Gasteiger partial charge in [-0.25, -0.2) is 4.98 Å². The van der Waals surface area contributed by atoms with Crippen molar-refractivity contribution in [2.75, 3.05) is 5.75 Å². The Morgan fingerprint density at radius 3 is 2.57 bits per heavy atom. The number of hydrogen-bond donors (Lipinski definition) is 0. The molecule has 0 N–H and O–H groups in total. The largest absolute Gasteiger partial charge is 0.293 e. The van der Waals surface area contributed by atoms with Crippen molar-refractivity contribution in [3.63, 3.8) is 0 Å². The van der Waals surface area contributed by atoms with E-state index in [9.17, 15) is 9.59 Å². The minimum atomic E-state index is 0.00627. The molecule has 0 unspecified atom stereocenters. The number of aromatic nitrogens is 2. The van der Waals surface area contributed by atoms with Gasteiger partial charge in [-0.05, 0) is 31.4 Å². The molecule has 1 aliphatic carbocycles. The highest BCUT2D eigenvalue weighted by Crippen LogP contribution is 2.38. The topological polar surface area (TPSA) is 52.0 Å². The van der Waals surface area contributed by atoms with Gasteiger partial charge in [-0.3, -0.25) is 14.2 Å². The molecule has 0 bridgehead atoms. The summed E-state index contributed by atoms with van der Waals surface area (Å²) in [6.45, 7) is 2.06. The fourth-order valence-corrected chi connectivity index (χ4v) is 5.47. The van der Waals surface area contributed by atoms with Crippen LogP contribution in [0.3, 0.4) is 0 Å². The van der Waals surface area contributed by atoms with Crippen molar-refractivity contribution in [3.05, 3.63) is 82.1 Å². The molecule has 0 radical (unpaired) electrons. The van der Waals surface area contributed by atoms with Gasteiger partial charge in [0.15, 0.2) is 10.9 Å². The van der Waals surface area contributed by atoms with Crippen LogP contribution < -0.4 is 5.56 Å². The number of thioether (sulfide) groups is 1. The van der Waals surface area contributed by atoms with E-state index in [4.69, 9.17) is 4.98 Å². The normalized spacial score (nSPS) is 13.6. The van der Waals surface area contributed by atoms with E-state index in [0.29, 0.717) is 16.1 Å². The lowest BCUT2D eigenvalue weighted by molar-refractivity contribution is 0.102. The number of fused-ring (bicyclic) bond motifs is 1. The third-order valence-electron chi connectivity index (χ3n) is 5.24. The molecule has 4 aromatic rings. The molecular formula is C24H20N2O2S2. The predicted molar refractivity (Wildman–Crippen MR) is 124 cm³/mol. The zero-order valence-electron chi connectivity index (χ0n) is 16.5. The molecule has 1 fully saturated rings. The van der Waals surface area contributed by atoms with Crippen molar-refractivity contribution >= 4 is 39.1 Å². The van der Waals surface area contributed by atoms with Gasteiger partial charge >= 0.3 is 0 Å². The van der Waals surface area contributed by atoms with E-state index in [1.807, 2.05) is 36.4 Å². The van der Waals surface area contributed by atoms with Crippen molar-refractivity contribution in [3.8, 4) is 10.4 Å². The molecule has 5 rings (SSSR count). The average molecular weight is 433 g/mol. The summed E-state index contributed by atoms with van der Waals surface area (Å²) in [6.07, 6.45) is 1.98. The van der Waals surface area contributed by atoms with Crippen LogP contribution in [0.1, 0.15) is 34.8 Å². The maximum absolute atomic E-state index is 13.3. The van der Waals surface area contributed by atoms with Crippen LogP contribution in [-0.2, 0) is 0 Å². The smallest absolute Gasteiger partial charge is 0.263 e. The van der Waals surface area contributed by atoms with Gasteiger partial charge in [0.1, 0.15) is 4.83 Å². The lowest BCUT2D eigenvalue weighted by Crippen LogP contribution is -2.22. The maximum Gasteiger partial charge on any atom is 0.263 e. The van der Waals surface area contributed by atoms with E-state index in [1.165, 1.54) is 28.7 Å². The number of aryl methyl sites for hydroxylation is 1. The summed E-state index contributed by atoms with van der Waals surface area (Å²) in [5.41, 5.74) is 2.99. The van der Waals surface area contributed by atoms with E-state index in [2.05, 4.69) is 31.2 Å². The molecule has 0 spiro atoms. The fraction of sp³-hybridized carbons (Fsp3) is 0.208. The second kappa shape index (κ2) is 7.85. The molecule has 6 heteroatoms. The number of nitrogens with zero attached hydrogens (tertiary/aromatic N) is 2. The predicted octanol–water partition coefficient (Wildman–Crippen LogP) is 5.74. The molecule has 0 atom stereocenters. The van der Waals surface area contributed by atoms with Crippen molar-refractivity contribution in [2.45, 2.75) is 31.0 Å². The molecule has 2 aromatic carbocycles. The first kappa shape index (κ1) is 19.3. The lowest BCUT2D eigenvalue weighted by Gasteiger charge is -2.10. The van der Waals surface area contributed by atoms with Gasteiger partial charge in [0.25, 0.3) is 5.56 Å². The first-order valence-electron chi connectivity index (χ1n) is 9.94. The van der Waals surface area contributed by atoms with Crippen LogP contribution in [0.2, 0.25) is 0 Å². The fourth-order valence-electron chi connectivity index (χ4n) is 3.43. The third kappa shape index (κ3) is 3.73. The van der Waals surface area contributed by atoms with Gasteiger partial charge in [0.05, 0.1) is 11.1 Å². The summed E-state index contributed by atoms with van der Waals surface area (Å²) >= 11 is 2.90. The van der Waals surface area contributed by atoms with E-state index >= 15 is 0 Å². The van der Waals surface area contributed by atoms with Crippen LogP contribution in [0.25, 0.3) is 20.7 Å². The van der Waals surface area contributed by atoms with Crippen LogP contribution in [0.4, 0.5) is 0 Å². The summed E-state index contributed by atoms with van der Waals surface area (Å²) in [4.78, 5) is 32.4. The highest BCUT2D eigenvalue weighted by atomic mass is 32.2. The number of hydrogen-bond acceptors (Lipinski definition) is 5. The van der Waals surface area contributed by atoms with Gasteiger partial charge < -0.3 is 0 Å². The summed E-state index contributed by atoms with van der Waals surface area (Å²) in [7, 11) is 0. The first-order valence-corrected chi connectivity index (χ1v) is 11.7. The molecule has 30 heavy (non-hydrogen) atoms. The summed E-state index contributed by atoms with van der Waals surface area (Å²) < 4.78 is 1.80. The second-order valence-electron chi connectivity index (χ2n) is 7.57. The molecule has 1 aliphatic rings. The maximum atomic E-state index is 13.3. The SMILES string of the molecule is Cc1ccc(-c2cc3c(=O)n(C4CC4)c(SCC(=O)c4ccccc4)nc3s2)cc1. The molecule has 150 valence electrons. The van der Waals surface area contributed by atoms with E-state index in [-0.39, 0.29) is 23.1 Å². The van der Waals surface area contributed by atoms with Crippen molar-refractivity contribution < 1.29 is 4.79 Å². The van der Waals surface area contributed by atoms with Gasteiger partial charge in [-0.1, -0.05) is 71.9 Å². The molecule has 2 aromatic heterocycles. The Morgan fingerprint density at radius 2 is 1.87 bits per heavy atom. The van der Waals surface area contributed by atoms with E-state index < -0.39 is 0 Å². The average Bonchev–Trinajstić information content (AvgIpc) is 3.51. The molecule has 4 nitrogen and oxygen atoms in total. The van der Waals surface area contributed by atoms with Crippen molar-refractivity contribution in [1.82, 2.24) is 9.55 Å². The molecule has 0 saturated heterocycles. The summed E-state index contributed by atoms with van der Waals surface area (Å²) in [5.74, 6) is 0.314. The van der Waals surface area contributed by atoms with Gasteiger partial charge in [-0.2, -0.15) is 0 Å². The number of carbonyl (C=O) groups excluding carboxylic acids is 1. The lowest BCUT2D eigenvalue weighted by atomic mass is 10.1. The molecule has 0 amide bonds. The number of benzene rings is 2. The van der Waals surface area contributed by atoms with Crippen LogP contribution in [0, 0.1) is 6.92 Å². The van der Waals surface area contributed by atoms with Gasteiger partial charge in [0.2, 0.25) is 0 Å². The number of rotatable bonds is 6. The van der Waals surface area contributed by atoms with Gasteiger partial charge in [0, 0.05) is 16.5 Å². The van der Waals surface area contributed by atoms with Crippen molar-refractivity contribution in [1.29, 1.82) is 0 Å². The number of carbonyl (C=O) groups is 1. The Balaban J connectivity index is 1.51. The van der Waals surface area contributed by atoms with Crippen LogP contribution in [-0.4, -0.2) is 21.1 Å². The van der Waals surface area contributed by atoms with Crippen LogP contribution in [0.15, 0.2) is 70.6 Å². The van der Waals surface area contributed by atoms with Crippen LogP contribution in [0.5, 0.6) is 0 Å². The van der Waals surface area contributed by atoms with E-state index in [1.54, 1.807) is 4.57 Å². The van der Waals surface area contributed by atoms with Gasteiger partial charge in [-0.15, -0.1) is 11.3 Å². The molecule has 1 saturated carbocycles. The zero-order valence-corrected chi connectivity index (χ0v) is 18.1. The molecule has 0 aliphatic heterocycles. The Bertz CT molecular complexity index is 1290. The highest BCUT2D eigenvalue weighted by Gasteiger charge is 2.29.